The zero-order chi connectivity index (χ0) is 20.4. The average Bonchev–Trinajstić information content (AvgIpc) is 3.32. The van der Waals surface area contributed by atoms with Crippen molar-refractivity contribution in [1.29, 1.82) is 0 Å². The summed E-state index contributed by atoms with van der Waals surface area (Å²) in [4.78, 5) is 18.7. The number of hydrogen-bond acceptors (Lipinski definition) is 3. The molecule has 156 valence electrons. The predicted octanol–water partition coefficient (Wildman–Crippen LogP) is 3.78. The molecule has 29 heavy (non-hydrogen) atoms. The molecule has 1 N–H and O–H groups in total. The third kappa shape index (κ3) is 4.09. The fraction of sp³-hybridized carbons (Fsp3) is 0.545. The van der Waals surface area contributed by atoms with E-state index in [1.165, 1.54) is 6.07 Å². The first-order valence-electron chi connectivity index (χ1n) is 10.5. The van der Waals surface area contributed by atoms with Gasteiger partial charge in [0.2, 0.25) is 0 Å². The lowest BCUT2D eigenvalue weighted by Crippen LogP contribution is -2.40. The van der Waals surface area contributed by atoms with Gasteiger partial charge >= 0.3 is 6.03 Å². The molecule has 1 aromatic carbocycles. The van der Waals surface area contributed by atoms with Crippen LogP contribution in [-0.4, -0.2) is 46.2 Å². The van der Waals surface area contributed by atoms with E-state index in [1.807, 2.05) is 24.9 Å². The molecule has 2 amide bonds. The van der Waals surface area contributed by atoms with E-state index in [-0.39, 0.29) is 29.7 Å². The van der Waals surface area contributed by atoms with Crippen molar-refractivity contribution in [1.82, 2.24) is 19.8 Å². The molecule has 1 saturated carbocycles. The number of likely N-dealkylation sites (tertiary alicyclic amines) is 1. The van der Waals surface area contributed by atoms with Gasteiger partial charge in [-0.1, -0.05) is 19.1 Å². The highest BCUT2D eigenvalue weighted by Crippen LogP contribution is 2.43. The fourth-order valence-electron chi connectivity index (χ4n) is 4.76. The number of fused-ring (bicyclic) bond motifs is 1. The molecule has 0 radical (unpaired) electrons. The Labute approximate surface area is 171 Å². The largest absolute Gasteiger partial charge is 0.485 e. The quantitative estimate of drug-likeness (QED) is 0.831. The molecule has 0 bridgehead atoms. The smallest absolute Gasteiger partial charge is 0.317 e. The van der Waals surface area contributed by atoms with E-state index in [0.29, 0.717) is 18.4 Å². The SMILES string of the molecule is CCCNC(=O)N1C[C@H]2C[C@H](Oc3ccccc3F)[C@@H](n3ccnc3C)C[C@H]2C1. The summed E-state index contributed by atoms with van der Waals surface area (Å²) in [6, 6.07) is 6.64. The Morgan fingerprint density at radius 2 is 2.03 bits per heavy atom. The second-order valence-electron chi connectivity index (χ2n) is 8.16. The van der Waals surface area contributed by atoms with Crippen LogP contribution >= 0.6 is 0 Å². The number of carbonyl (C=O) groups excluding carboxylic acids is 1. The Hall–Kier alpha value is -2.57. The second kappa shape index (κ2) is 8.43. The molecule has 4 rings (SSSR count). The third-order valence-corrected chi connectivity index (χ3v) is 6.23. The van der Waals surface area contributed by atoms with E-state index in [9.17, 15) is 9.18 Å². The number of amides is 2. The lowest BCUT2D eigenvalue weighted by Gasteiger charge is -2.39. The van der Waals surface area contributed by atoms with Crippen molar-refractivity contribution in [3.05, 3.63) is 48.3 Å². The van der Waals surface area contributed by atoms with Gasteiger partial charge < -0.3 is 19.5 Å². The number of imidazole rings is 1. The predicted molar refractivity (Wildman–Crippen MR) is 108 cm³/mol. The number of benzene rings is 1. The van der Waals surface area contributed by atoms with E-state index < -0.39 is 0 Å². The minimum Gasteiger partial charge on any atom is -0.485 e. The van der Waals surface area contributed by atoms with Gasteiger partial charge in [-0.05, 0) is 50.2 Å². The molecule has 2 aromatic rings. The number of urea groups is 1. The van der Waals surface area contributed by atoms with Crippen molar-refractivity contribution in [2.24, 2.45) is 11.8 Å². The van der Waals surface area contributed by atoms with E-state index >= 15 is 0 Å². The van der Waals surface area contributed by atoms with Crippen LogP contribution in [0.4, 0.5) is 9.18 Å². The Balaban J connectivity index is 1.54. The second-order valence-corrected chi connectivity index (χ2v) is 8.16. The highest BCUT2D eigenvalue weighted by Gasteiger charge is 2.45. The van der Waals surface area contributed by atoms with E-state index in [0.717, 1.165) is 38.2 Å². The number of halogens is 1. The maximum absolute atomic E-state index is 14.2. The van der Waals surface area contributed by atoms with Gasteiger partial charge in [-0.3, -0.25) is 0 Å². The van der Waals surface area contributed by atoms with Crippen LogP contribution in [0, 0.1) is 24.6 Å². The molecule has 1 aliphatic heterocycles. The van der Waals surface area contributed by atoms with Crippen LogP contribution in [-0.2, 0) is 0 Å². The summed E-state index contributed by atoms with van der Waals surface area (Å²) in [5.41, 5.74) is 0. The summed E-state index contributed by atoms with van der Waals surface area (Å²) in [6.45, 7) is 6.21. The minimum atomic E-state index is -0.345. The van der Waals surface area contributed by atoms with Crippen LogP contribution in [0.25, 0.3) is 0 Å². The Morgan fingerprint density at radius 3 is 2.72 bits per heavy atom. The first kappa shape index (κ1) is 19.7. The molecule has 6 nitrogen and oxygen atoms in total. The summed E-state index contributed by atoms with van der Waals surface area (Å²) in [5, 5.41) is 2.98. The van der Waals surface area contributed by atoms with Crippen molar-refractivity contribution in [3.8, 4) is 5.75 Å². The fourth-order valence-corrected chi connectivity index (χ4v) is 4.76. The number of carbonyl (C=O) groups is 1. The van der Waals surface area contributed by atoms with Crippen molar-refractivity contribution in [3.63, 3.8) is 0 Å². The van der Waals surface area contributed by atoms with Crippen molar-refractivity contribution >= 4 is 6.03 Å². The Kier molecular flexibility index (Phi) is 5.74. The normalized spacial score (nSPS) is 26.2. The Bertz CT molecular complexity index is 855. The van der Waals surface area contributed by atoms with Crippen LogP contribution in [0.5, 0.6) is 5.75 Å². The maximum Gasteiger partial charge on any atom is 0.317 e. The Morgan fingerprint density at radius 1 is 1.28 bits per heavy atom. The van der Waals surface area contributed by atoms with Gasteiger partial charge in [0.1, 0.15) is 11.9 Å². The zero-order valence-corrected chi connectivity index (χ0v) is 17.1. The van der Waals surface area contributed by atoms with Gasteiger partial charge in [-0.15, -0.1) is 0 Å². The molecule has 0 spiro atoms. The first-order valence-corrected chi connectivity index (χ1v) is 10.5. The molecule has 4 atom stereocenters. The van der Waals surface area contributed by atoms with Crippen LogP contribution < -0.4 is 10.1 Å². The number of aryl methyl sites for hydroxylation is 1. The van der Waals surface area contributed by atoms with Gasteiger partial charge in [0.15, 0.2) is 11.6 Å². The van der Waals surface area contributed by atoms with Gasteiger partial charge in [0.05, 0.1) is 6.04 Å². The number of nitrogens with one attached hydrogen (secondary N) is 1. The van der Waals surface area contributed by atoms with Gasteiger partial charge in [-0.2, -0.15) is 0 Å². The summed E-state index contributed by atoms with van der Waals surface area (Å²) in [5.74, 6) is 1.64. The first-order chi connectivity index (χ1) is 14.1. The highest BCUT2D eigenvalue weighted by molar-refractivity contribution is 5.74. The molecule has 2 aliphatic rings. The molecular weight excluding hydrogens is 371 g/mol. The topological polar surface area (TPSA) is 59.4 Å². The van der Waals surface area contributed by atoms with Crippen LogP contribution in [0.2, 0.25) is 0 Å². The number of aromatic nitrogens is 2. The number of hydrogen-bond donors (Lipinski definition) is 1. The zero-order valence-electron chi connectivity index (χ0n) is 17.1. The number of nitrogens with zero attached hydrogens (tertiary/aromatic N) is 3. The minimum absolute atomic E-state index is 0.0168. The number of para-hydroxylation sites is 1. The molecule has 2 heterocycles. The summed E-state index contributed by atoms with van der Waals surface area (Å²) in [6.07, 6.45) is 6.20. The molecule has 1 aliphatic carbocycles. The van der Waals surface area contributed by atoms with Crippen LogP contribution in [0.15, 0.2) is 36.7 Å². The van der Waals surface area contributed by atoms with Crippen molar-refractivity contribution in [2.45, 2.75) is 45.3 Å². The van der Waals surface area contributed by atoms with E-state index in [2.05, 4.69) is 14.9 Å². The molecule has 0 unspecified atom stereocenters. The van der Waals surface area contributed by atoms with Crippen molar-refractivity contribution in [2.75, 3.05) is 19.6 Å². The van der Waals surface area contributed by atoms with E-state index in [1.54, 1.807) is 24.4 Å². The van der Waals surface area contributed by atoms with Crippen LogP contribution in [0.1, 0.15) is 38.1 Å². The van der Waals surface area contributed by atoms with Crippen molar-refractivity contribution < 1.29 is 13.9 Å². The van der Waals surface area contributed by atoms with Gasteiger partial charge in [-0.25, -0.2) is 14.2 Å². The standard InChI is InChI=1S/C22H29FN4O2/c1-3-8-25-22(28)26-13-16-11-19(27-10-9-24-15(27)2)21(12-17(16)14-26)29-20-7-5-4-6-18(20)23/h4-7,9-10,16-17,19,21H,3,8,11-14H2,1-2H3,(H,25,28)/t16-,17+,19-,21-/m0/s1. The number of rotatable bonds is 5. The number of ether oxygens (including phenoxy) is 1. The summed E-state index contributed by atoms with van der Waals surface area (Å²) >= 11 is 0. The lowest BCUT2D eigenvalue weighted by molar-refractivity contribution is 0.0509. The van der Waals surface area contributed by atoms with Gasteiger partial charge in [0, 0.05) is 32.0 Å². The third-order valence-electron chi connectivity index (χ3n) is 6.23. The molecule has 7 heteroatoms. The average molecular weight is 400 g/mol. The maximum atomic E-state index is 14.2. The highest BCUT2D eigenvalue weighted by atomic mass is 19.1. The molecule has 2 fully saturated rings. The van der Waals surface area contributed by atoms with Gasteiger partial charge in [0.25, 0.3) is 0 Å². The van der Waals surface area contributed by atoms with E-state index in [4.69, 9.17) is 4.74 Å². The molecule has 1 aromatic heterocycles. The lowest BCUT2D eigenvalue weighted by atomic mass is 9.77. The summed E-state index contributed by atoms with van der Waals surface area (Å²) in [7, 11) is 0. The molecule has 1 saturated heterocycles. The monoisotopic (exact) mass is 400 g/mol. The van der Waals surface area contributed by atoms with Crippen LogP contribution in [0.3, 0.4) is 0 Å². The summed E-state index contributed by atoms with van der Waals surface area (Å²) < 4.78 is 22.6. The molecular formula is C22H29FN4O2.